The lowest BCUT2D eigenvalue weighted by molar-refractivity contribution is -0.119. The summed E-state index contributed by atoms with van der Waals surface area (Å²) < 4.78 is 5.24. The van der Waals surface area contributed by atoms with Crippen LogP contribution in [0.2, 0.25) is 0 Å². The first kappa shape index (κ1) is 12.3. The van der Waals surface area contributed by atoms with Crippen molar-refractivity contribution in [2.45, 2.75) is 33.1 Å². The minimum Gasteiger partial charge on any atom is -0.495 e. The third-order valence-electron chi connectivity index (χ3n) is 3.08. The first-order valence-corrected chi connectivity index (χ1v) is 6.56. The summed E-state index contributed by atoms with van der Waals surface area (Å²) in [5.74, 6) is 0.967. The Balaban J connectivity index is 2.15. The monoisotopic (exact) mass is 252 g/mol. The smallest absolute Gasteiger partial charge is 0.180 e. The van der Waals surface area contributed by atoms with E-state index in [2.05, 4.69) is 0 Å². The molecule has 0 unspecified atom stereocenters. The quantitative estimate of drug-likeness (QED) is 0.598. The summed E-state index contributed by atoms with van der Waals surface area (Å²) in [6.07, 6.45) is 1.96. The molecule has 1 aliphatic carbocycles. The van der Waals surface area contributed by atoms with Gasteiger partial charge in [0.15, 0.2) is 5.78 Å². The van der Waals surface area contributed by atoms with Gasteiger partial charge in [-0.1, -0.05) is 0 Å². The predicted molar refractivity (Wildman–Crippen MR) is 67.0 cm³/mol. The maximum atomic E-state index is 12.0. The lowest BCUT2D eigenvalue weighted by atomic mass is 10.1. The summed E-state index contributed by atoms with van der Waals surface area (Å²) >= 11 is 1.42. The molecule has 0 N–H and O–H groups in total. The molecular formula is C13H16O3S. The molecule has 4 heteroatoms. The van der Waals surface area contributed by atoms with E-state index in [0.29, 0.717) is 4.88 Å². The van der Waals surface area contributed by atoms with Crippen LogP contribution in [0.5, 0.6) is 5.75 Å². The third kappa shape index (κ3) is 2.41. The molecular weight excluding hydrogens is 236 g/mol. The summed E-state index contributed by atoms with van der Waals surface area (Å²) in [7, 11) is 1.60. The molecule has 1 fully saturated rings. The highest BCUT2D eigenvalue weighted by Gasteiger charge is 2.31. The van der Waals surface area contributed by atoms with Crippen molar-refractivity contribution in [3.63, 3.8) is 0 Å². The van der Waals surface area contributed by atoms with Crippen molar-refractivity contribution < 1.29 is 14.3 Å². The van der Waals surface area contributed by atoms with E-state index in [1.807, 2.05) is 13.8 Å². The Kier molecular flexibility index (Phi) is 3.33. The zero-order valence-corrected chi connectivity index (χ0v) is 11.1. The second-order valence-electron chi connectivity index (χ2n) is 4.49. The lowest BCUT2D eigenvalue weighted by Gasteiger charge is -2.01. The third-order valence-corrected chi connectivity index (χ3v) is 4.31. The van der Waals surface area contributed by atoms with Gasteiger partial charge in [0.1, 0.15) is 11.5 Å². The van der Waals surface area contributed by atoms with E-state index in [9.17, 15) is 9.59 Å². The minimum absolute atomic E-state index is 0.0502. The molecule has 17 heavy (non-hydrogen) atoms. The van der Waals surface area contributed by atoms with Gasteiger partial charge in [-0.2, -0.15) is 0 Å². The highest BCUT2D eigenvalue weighted by molar-refractivity contribution is 7.14. The molecule has 1 aromatic heterocycles. The SMILES string of the molecule is COc1c(C)sc(C(=O)CC(=O)C2CC2)c1C. The van der Waals surface area contributed by atoms with Crippen LogP contribution >= 0.6 is 11.3 Å². The Morgan fingerprint density at radius 3 is 2.47 bits per heavy atom. The molecule has 1 heterocycles. The van der Waals surface area contributed by atoms with Gasteiger partial charge in [0.25, 0.3) is 0 Å². The summed E-state index contributed by atoms with van der Waals surface area (Å²) in [5, 5.41) is 0. The molecule has 0 radical (unpaired) electrons. The summed E-state index contributed by atoms with van der Waals surface area (Å²) in [5.41, 5.74) is 0.864. The van der Waals surface area contributed by atoms with E-state index in [1.165, 1.54) is 11.3 Å². The molecule has 0 bridgehead atoms. The summed E-state index contributed by atoms with van der Waals surface area (Å²) in [6.45, 7) is 3.80. The van der Waals surface area contributed by atoms with Gasteiger partial charge in [0, 0.05) is 16.4 Å². The molecule has 1 saturated carbocycles. The Morgan fingerprint density at radius 2 is 2.00 bits per heavy atom. The molecule has 92 valence electrons. The van der Waals surface area contributed by atoms with Crippen molar-refractivity contribution in [1.29, 1.82) is 0 Å². The fourth-order valence-corrected chi connectivity index (χ4v) is 3.06. The highest BCUT2D eigenvalue weighted by atomic mass is 32.1. The van der Waals surface area contributed by atoms with E-state index < -0.39 is 0 Å². The van der Waals surface area contributed by atoms with E-state index in [-0.39, 0.29) is 23.9 Å². The number of hydrogen-bond donors (Lipinski definition) is 0. The number of methoxy groups -OCH3 is 1. The first-order valence-electron chi connectivity index (χ1n) is 5.74. The average molecular weight is 252 g/mol. The fraction of sp³-hybridized carbons (Fsp3) is 0.538. The number of rotatable bonds is 5. The fourth-order valence-electron chi connectivity index (χ4n) is 1.99. The average Bonchev–Trinajstić information content (AvgIpc) is 3.06. The zero-order chi connectivity index (χ0) is 12.6. The standard InChI is InChI=1S/C13H16O3S/c1-7-12(16-3)8(2)17-13(7)11(15)6-10(14)9-4-5-9/h9H,4-6H2,1-3H3. The molecule has 1 aromatic rings. The van der Waals surface area contributed by atoms with Gasteiger partial charge in [0.2, 0.25) is 0 Å². The van der Waals surface area contributed by atoms with Crippen LogP contribution in [0.25, 0.3) is 0 Å². The maximum Gasteiger partial charge on any atom is 0.180 e. The van der Waals surface area contributed by atoms with Crippen LogP contribution in [-0.4, -0.2) is 18.7 Å². The number of thiophene rings is 1. The van der Waals surface area contributed by atoms with Gasteiger partial charge in [-0.25, -0.2) is 0 Å². The van der Waals surface area contributed by atoms with E-state index in [0.717, 1.165) is 29.0 Å². The van der Waals surface area contributed by atoms with Crippen LogP contribution < -0.4 is 4.74 Å². The number of ether oxygens (including phenoxy) is 1. The van der Waals surface area contributed by atoms with Crippen molar-refractivity contribution in [3.05, 3.63) is 15.3 Å². The molecule has 1 aliphatic rings. The topological polar surface area (TPSA) is 43.4 Å². The van der Waals surface area contributed by atoms with E-state index in [1.54, 1.807) is 7.11 Å². The summed E-state index contributed by atoms with van der Waals surface area (Å²) in [6, 6.07) is 0. The highest BCUT2D eigenvalue weighted by Crippen LogP contribution is 2.36. The van der Waals surface area contributed by atoms with Crippen molar-refractivity contribution >= 4 is 22.9 Å². The number of hydrogen-bond acceptors (Lipinski definition) is 4. The van der Waals surface area contributed by atoms with E-state index in [4.69, 9.17) is 4.74 Å². The van der Waals surface area contributed by atoms with E-state index >= 15 is 0 Å². The van der Waals surface area contributed by atoms with Crippen molar-refractivity contribution in [2.75, 3.05) is 7.11 Å². The molecule has 0 aliphatic heterocycles. The predicted octanol–water partition coefficient (Wildman–Crippen LogP) is 2.93. The van der Waals surface area contributed by atoms with Crippen molar-refractivity contribution in [1.82, 2.24) is 0 Å². The number of aryl methyl sites for hydroxylation is 1. The van der Waals surface area contributed by atoms with Crippen LogP contribution in [-0.2, 0) is 4.79 Å². The second-order valence-corrected chi connectivity index (χ2v) is 5.71. The van der Waals surface area contributed by atoms with Gasteiger partial charge >= 0.3 is 0 Å². The van der Waals surface area contributed by atoms with Crippen LogP contribution in [0.3, 0.4) is 0 Å². The molecule has 0 saturated heterocycles. The largest absolute Gasteiger partial charge is 0.495 e. The second kappa shape index (κ2) is 4.61. The minimum atomic E-state index is -0.0594. The normalized spacial score (nSPS) is 14.8. The Morgan fingerprint density at radius 1 is 1.35 bits per heavy atom. The van der Waals surface area contributed by atoms with Gasteiger partial charge < -0.3 is 4.74 Å². The Labute approximate surface area is 105 Å². The molecule has 0 aromatic carbocycles. The molecule has 0 amide bonds. The van der Waals surface area contributed by atoms with Crippen LogP contribution in [0.15, 0.2) is 0 Å². The van der Waals surface area contributed by atoms with Crippen molar-refractivity contribution in [3.8, 4) is 5.75 Å². The number of Topliss-reactive ketones (excluding diaryl/α,β-unsaturated/α-hetero) is 2. The molecule has 0 spiro atoms. The Hall–Kier alpha value is -1.16. The van der Waals surface area contributed by atoms with Gasteiger partial charge in [-0.3, -0.25) is 9.59 Å². The molecule has 0 atom stereocenters. The molecule has 2 rings (SSSR count). The van der Waals surface area contributed by atoms with Crippen LogP contribution in [0.1, 0.15) is 39.4 Å². The van der Waals surface area contributed by atoms with Gasteiger partial charge in [0.05, 0.1) is 18.4 Å². The number of ketones is 2. The number of carbonyl (C=O) groups excluding carboxylic acids is 2. The van der Waals surface area contributed by atoms with Gasteiger partial charge in [-0.15, -0.1) is 11.3 Å². The van der Waals surface area contributed by atoms with Crippen molar-refractivity contribution in [2.24, 2.45) is 5.92 Å². The number of carbonyl (C=O) groups is 2. The van der Waals surface area contributed by atoms with Crippen LogP contribution in [0, 0.1) is 19.8 Å². The van der Waals surface area contributed by atoms with Gasteiger partial charge in [-0.05, 0) is 26.7 Å². The first-order chi connectivity index (χ1) is 8.04. The molecule has 3 nitrogen and oxygen atoms in total. The summed E-state index contributed by atoms with van der Waals surface area (Å²) in [4.78, 5) is 25.3. The lowest BCUT2D eigenvalue weighted by Crippen LogP contribution is -2.09. The maximum absolute atomic E-state index is 12.0. The Bertz CT molecular complexity index is 469. The van der Waals surface area contributed by atoms with Crippen LogP contribution in [0.4, 0.5) is 0 Å². The zero-order valence-electron chi connectivity index (χ0n) is 10.3.